The summed E-state index contributed by atoms with van der Waals surface area (Å²) < 4.78 is 21.0. The van der Waals surface area contributed by atoms with Crippen molar-refractivity contribution in [3.8, 4) is 0 Å². The standard InChI is InChI=1S/C3H7NO2S2/c1-2-4(3-7)8(5)6/h3H,2H2,1H3,(H,5,6)/p-1. The summed E-state index contributed by atoms with van der Waals surface area (Å²) in [6.07, 6.45) is 0. The average molecular weight is 152 g/mol. The summed E-state index contributed by atoms with van der Waals surface area (Å²) in [5, 5.41) is 0. The predicted molar refractivity (Wildman–Crippen MR) is 35.0 cm³/mol. The molecule has 0 rings (SSSR count). The third-order valence-corrected chi connectivity index (χ3v) is 1.76. The fraction of sp³-hybridized carbons (Fsp3) is 0.667. The van der Waals surface area contributed by atoms with Crippen LogP contribution in [0.25, 0.3) is 0 Å². The van der Waals surface area contributed by atoms with Crippen molar-refractivity contribution in [2.24, 2.45) is 0 Å². The fourth-order valence-electron chi connectivity index (χ4n) is 0.215. The fourth-order valence-corrected chi connectivity index (χ4v) is 0.856. The van der Waals surface area contributed by atoms with Gasteiger partial charge in [-0.3, -0.25) is 8.51 Å². The van der Waals surface area contributed by atoms with Crippen molar-refractivity contribution in [3.63, 3.8) is 0 Å². The van der Waals surface area contributed by atoms with Crippen molar-refractivity contribution < 1.29 is 8.76 Å². The molecule has 0 saturated carbocycles. The van der Waals surface area contributed by atoms with E-state index in [1.54, 1.807) is 6.92 Å². The zero-order valence-corrected chi connectivity index (χ0v) is 6.00. The lowest BCUT2D eigenvalue weighted by molar-refractivity contribution is 0.486. The van der Waals surface area contributed by atoms with Gasteiger partial charge in [-0.05, 0) is 6.92 Å². The smallest absolute Gasteiger partial charge is 0.0752 e. The number of hydrogen-bond acceptors (Lipinski definition) is 3. The average Bonchev–Trinajstić information content (AvgIpc) is 1.69. The van der Waals surface area contributed by atoms with Crippen LogP contribution in [0.2, 0.25) is 0 Å². The molecule has 0 aromatic rings. The summed E-state index contributed by atoms with van der Waals surface area (Å²) in [6.45, 7) is 2.11. The van der Waals surface area contributed by atoms with E-state index < -0.39 is 11.3 Å². The first-order valence-corrected chi connectivity index (χ1v) is 3.54. The Morgan fingerprint density at radius 1 is 2.00 bits per heavy atom. The quantitative estimate of drug-likeness (QED) is 0.424. The Kier molecular flexibility index (Phi) is 3.94. The summed E-state index contributed by atoms with van der Waals surface area (Å²) in [4.78, 5) is 0. The number of rotatable bonds is 3. The number of nitrogens with zero attached hydrogens (tertiary/aromatic N) is 1. The van der Waals surface area contributed by atoms with E-state index in [4.69, 9.17) is 0 Å². The molecule has 0 saturated heterocycles. The summed E-state index contributed by atoms with van der Waals surface area (Å²) in [6, 6.07) is 0. The van der Waals surface area contributed by atoms with Gasteiger partial charge in [0.15, 0.2) is 0 Å². The highest BCUT2D eigenvalue weighted by molar-refractivity contribution is 7.82. The van der Waals surface area contributed by atoms with Crippen molar-refractivity contribution in [2.45, 2.75) is 6.92 Å². The molecular weight excluding hydrogens is 146 g/mol. The van der Waals surface area contributed by atoms with Gasteiger partial charge in [-0.25, -0.2) is 0 Å². The molecule has 5 heteroatoms. The summed E-state index contributed by atoms with van der Waals surface area (Å²) in [5.41, 5.74) is 1.10. The zero-order chi connectivity index (χ0) is 6.57. The Balaban J connectivity index is 3.69. The molecule has 0 aromatic carbocycles. The van der Waals surface area contributed by atoms with Gasteiger partial charge in [0.2, 0.25) is 0 Å². The van der Waals surface area contributed by atoms with Gasteiger partial charge >= 0.3 is 0 Å². The van der Waals surface area contributed by atoms with E-state index in [0.29, 0.717) is 6.54 Å². The lowest BCUT2D eigenvalue weighted by Crippen LogP contribution is -2.22. The molecular formula is C3H6NO2S2-. The SMILES string of the molecule is CCN(C=S)S(=O)[O-]. The maximum atomic E-state index is 9.99. The molecule has 0 spiro atoms. The molecule has 0 bridgehead atoms. The van der Waals surface area contributed by atoms with Crippen LogP contribution < -0.4 is 0 Å². The third-order valence-electron chi connectivity index (χ3n) is 0.621. The molecule has 1 unspecified atom stereocenters. The highest BCUT2D eigenvalue weighted by Crippen LogP contribution is 1.84. The van der Waals surface area contributed by atoms with Crippen molar-refractivity contribution in [1.29, 1.82) is 0 Å². The van der Waals surface area contributed by atoms with E-state index >= 15 is 0 Å². The van der Waals surface area contributed by atoms with Crippen LogP contribution in [0.1, 0.15) is 6.92 Å². The van der Waals surface area contributed by atoms with Crippen molar-refractivity contribution in [1.82, 2.24) is 4.31 Å². The van der Waals surface area contributed by atoms with Gasteiger partial charge < -0.3 is 4.55 Å². The molecule has 8 heavy (non-hydrogen) atoms. The lowest BCUT2D eigenvalue weighted by Gasteiger charge is -2.17. The van der Waals surface area contributed by atoms with Crippen LogP contribution in [0.5, 0.6) is 0 Å². The van der Waals surface area contributed by atoms with Crippen LogP contribution in [0.15, 0.2) is 0 Å². The number of hydrogen-bond donors (Lipinski definition) is 0. The van der Waals surface area contributed by atoms with Crippen LogP contribution in [0.4, 0.5) is 0 Å². The monoisotopic (exact) mass is 152 g/mol. The first kappa shape index (κ1) is 8.00. The van der Waals surface area contributed by atoms with Crippen molar-refractivity contribution in [2.75, 3.05) is 6.54 Å². The summed E-state index contributed by atoms with van der Waals surface area (Å²) in [5.74, 6) is 0. The van der Waals surface area contributed by atoms with E-state index in [1.807, 2.05) is 0 Å². The molecule has 0 radical (unpaired) electrons. The Morgan fingerprint density at radius 3 is 2.50 bits per heavy atom. The van der Waals surface area contributed by atoms with Crippen molar-refractivity contribution in [3.05, 3.63) is 0 Å². The predicted octanol–water partition coefficient (Wildman–Crippen LogP) is 0.0596. The Hall–Kier alpha value is -0.0000000000000000486. The van der Waals surface area contributed by atoms with Crippen LogP contribution in [-0.2, 0) is 11.3 Å². The van der Waals surface area contributed by atoms with Gasteiger partial charge in [-0.15, -0.1) is 0 Å². The van der Waals surface area contributed by atoms with Crippen LogP contribution in [0.3, 0.4) is 0 Å². The van der Waals surface area contributed by atoms with E-state index in [9.17, 15) is 8.76 Å². The molecule has 1 atom stereocenters. The molecule has 0 amide bonds. The van der Waals surface area contributed by atoms with E-state index in [1.165, 1.54) is 0 Å². The molecule has 0 aliphatic rings. The summed E-state index contributed by atoms with van der Waals surface area (Å²) >= 11 is 2.18. The van der Waals surface area contributed by atoms with E-state index in [2.05, 4.69) is 12.2 Å². The molecule has 0 aliphatic heterocycles. The first-order chi connectivity index (χ1) is 3.72. The molecule has 0 aliphatic carbocycles. The molecule has 48 valence electrons. The second-order valence-corrected chi connectivity index (χ2v) is 2.17. The molecule has 3 nitrogen and oxygen atoms in total. The van der Waals surface area contributed by atoms with Crippen molar-refractivity contribution >= 4 is 29.0 Å². The summed E-state index contributed by atoms with van der Waals surface area (Å²) in [7, 11) is 0. The Bertz CT molecular complexity index is 105. The van der Waals surface area contributed by atoms with Gasteiger partial charge in [-0.1, -0.05) is 12.2 Å². The number of thiocarbonyl (C=S) groups is 1. The van der Waals surface area contributed by atoms with Crippen LogP contribution >= 0.6 is 12.2 Å². The maximum Gasteiger partial charge on any atom is 0.0752 e. The Labute approximate surface area is 56.1 Å². The third kappa shape index (κ3) is 2.34. The van der Waals surface area contributed by atoms with Gasteiger partial charge in [0.1, 0.15) is 0 Å². The zero-order valence-electron chi connectivity index (χ0n) is 4.36. The van der Waals surface area contributed by atoms with Gasteiger partial charge in [0, 0.05) is 17.8 Å². The molecule has 0 heterocycles. The Morgan fingerprint density at radius 2 is 2.50 bits per heavy atom. The molecule has 0 N–H and O–H groups in total. The van der Waals surface area contributed by atoms with E-state index in [-0.39, 0.29) is 0 Å². The van der Waals surface area contributed by atoms with Crippen LogP contribution in [-0.4, -0.2) is 25.1 Å². The van der Waals surface area contributed by atoms with Gasteiger partial charge in [0.05, 0.1) is 5.49 Å². The lowest BCUT2D eigenvalue weighted by atomic mass is 10.8. The van der Waals surface area contributed by atoms with E-state index in [0.717, 1.165) is 9.80 Å². The molecule has 0 fully saturated rings. The second-order valence-electron chi connectivity index (χ2n) is 1.06. The molecule has 0 aromatic heterocycles. The minimum atomic E-state index is -2.18. The highest BCUT2D eigenvalue weighted by atomic mass is 32.2. The minimum absolute atomic E-state index is 0.402. The maximum absolute atomic E-state index is 9.99. The second kappa shape index (κ2) is 3.94. The van der Waals surface area contributed by atoms with Gasteiger partial charge in [0.25, 0.3) is 0 Å². The largest absolute Gasteiger partial charge is 0.755 e. The topological polar surface area (TPSA) is 43.4 Å². The normalized spacial score (nSPS) is 12.8. The minimum Gasteiger partial charge on any atom is -0.755 e. The van der Waals surface area contributed by atoms with Crippen LogP contribution in [0, 0.1) is 0 Å². The first-order valence-electron chi connectivity index (χ1n) is 2.03. The van der Waals surface area contributed by atoms with Gasteiger partial charge in [-0.2, -0.15) is 0 Å². The highest BCUT2D eigenvalue weighted by Gasteiger charge is 1.90.